The van der Waals surface area contributed by atoms with Crippen molar-refractivity contribution in [2.45, 2.75) is 24.8 Å². The molecule has 0 spiro atoms. The molecule has 1 heterocycles. The van der Waals surface area contributed by atoms with Crippen LogP contribution in [0.2, 0.25) is 0 Å². The summed E-state index contributed by atoms with van der Waals surface area (Å²) in [6, 6.07) is 2.86. The molecule has 20 heavy (non-hydrogen) atoms. The van der Waals surface area contributed by atoms with E-state index < -0.39 is 23.7 Å². The maximum Gasteiger partial charge on any atom is 0.327 e. The molecule has 1 aromatic carbocycles. The Labute approximate surface area is 119 Å². The number of hydrogen-bond donors (Lipinski definition) is 2. The highest BCUT2D eigenvalue weighted by Crippen LogP contribution is 2.33. The van der Waals surface area contributed by atoms with Crippen molar-refractivity contribution < 1.29 is 19.1 Å². The number of carboxylic acid groups (broad SMARTS) is 1. The molecule has 7 heteroatoms. The van der Waals surface area contributed by atoms with E-state index in [-0.39, 0.29) is 16.6 Å². The van der Waals surface area contributed by atoms with Gasteiger partial charge in [-0.3, -0.25) is 4.79 Å². The molecule has 1 aromatic rings. The molecule has 1 aliphatic heterocycles. The van der Waals surface area contributed by atoms with Crippen LogP contribution in [0.3, 0.4) is 0 Å². The number of nitrogens with two attached hydrogens (primary N) is 1. The number of aliphatic carboxylic acids is 1. The molecule has 0 radical (unpaired) electrons. The lowest BCUT2D eigenvalue weighted by atomic mass is 10.1. The summed E-state index contributed by atoms with van der Waals surface area (Å²) in [6.07, 6.45) is 0.608. The van der Waals surface area contributed by atoms with Crippen molar-refractivity contribution >= 4 is 29.3 Å². The number of carbonyl (C=O) groups excluding carboxylic acids is 1. The van der Waals surface area contributed by atoms with Crippen LogP contribution in [-0.2, 0) is 4.79 Å². The van der Waals surface area contributed by atoms with Crippen LogP contribution < -0.4 is 5.73 Å². The molecule has 1 fully saturated rings. The Morgan fingerprint density at radius 2 is 2.25 bits per heavy atom. The summed E-state index contributed by atoms with van der Waals surface area (Å²) in [7, 11) is 0. The van der Waals surface area contributed by atoms with Gasteiger partial charge in [0.1, 0.15) is 11.9 Å². The first-order chi connectivity index (χ1) is 9.45. The van der Waals surface area contributed by atoms with Crippen molar-refractivity contribution in [1.29, 1.82) is 0 Å². The van der Waals surface area contributed by atoms with Gasteiger partial charge in [-0.25, -0.2) is 9.18 Å². The number of carbonyl (C=O) groups is 2. The van der Waals surface area contributed by atoms with Gasteiger partial charge < -0.3 is 15.7 Å². The molecule has 1 aliphatic rings. The first kappa shape index (κ1) is 14.6. The molecule has 2 rings (SSSR count). The number of carboxylic acids is 1. The smallest absolute Gasteiger partial charge is 0.327 e. The Hall–Kier alpha value is -1.76. The minimum Gasteiger partial charge on any atom is -0.480 e. The molecule has 5 nitrogen and oxygen atoms in total. The van der Waals surface area contributed by atoms with Crippen LogP contribution in [0.1, 0.15) is 23.7 Å². The topological polar surface area (TPSA) is 83.6 Å². The highest BCUT2D eigenvalue weighted by atomic mass is 32.2. The molecule has 2 unspecified atom stereocenters. The second-order valence-electron chi connectivity index (χ2n) is 4.50. The number of rotatable bonds is 3. The quantitative estimate of drug-likeness (QED) is 0.831. The third kappa shape index (κ3) is 2.58. The molecule has 2 atom stereocenters. The van der Waals surface area contributed by atoms with Crippen LogP contribution >= 0.6 is 11.8 Å². The van der Waals surface area contributed by atoms with E-state index in [2.05, 4.69) is 0 Å². The van der Waals surface area contributed by atoms with Gasteiger partial charge in [-0.15, -0.1) is 11.8 Å². The van der Waals surface area contributed by atoms with Gasteiger partial charge in [0.05, 0.1) is 10.9 Å². The Morgan fingerprint density at radius 1 is 1.55 bits per heavy atom. The zero-order valence-corrected chi connectivity index (χ0v) is 11.7. The van der Waals surface area contributed by atoms with E-state index in [9.17, 15) is 19.1 Å². The van der Waals surface area contributed by atoms with Gasteiger partial charge in [0.25, 0.3) is 5.91 Å². The Balaban J connectivity index is 2.36. The lowest BCUT2D eigenvalue weighted by Gasteiger charge is -2.26. The molecule has 1 saturated heterocycles. The van der Waals surface area contributed by atoms with Crippen molar-refractivity contribution in [2.75, 3.05) is 11.5 Å². The summed E-state index contributed by atoms with van der Waals surface area (Å²) in [5, 5.41) is 8.94. The zero-order chi connectivity index (χ0) is 14.9. The predicted octanol–water partition coefficient (Wildman–Crippen LogP) is 1.79. The van der Waals surface area contributed by atoms with Gasteiger partial charge in [-0.1, -0.05) is 6.92 Å². The average Bonchev–Trinajstić information content (AvgIpc) is 2.81. The van der Waals surface area contributed by atoms with Crippen molar-refractivity contribution in [3.05, 3.63) is 29.6 Å². The van der Waals surface area contributed by atoms with E-state index in [1.807, 2.05) is 6.92 Å². The van der Waals surface area contributed by atoms with E-state index in [1.165, 1.54) is 28.8 Å². The largest absolute Gasteiger partial charge is 0.480 e. The lowest BCUT2D eigenvalue weighted by Crippen LogP contribution is -2.45. The van der Waals surface area contributed by atoms with Crippen molar-refractivity contribution in [2.24, 2.45) is 0 Å². The van der Waals surface area contributed by atoms with Gasteiger partial charge in [0, 0.05) is 11.4 Å². The molecule has 3 N–H and O–H groups in total. The van der Waals surface area contributed by atoms with Crippen molar-refractivity contribution in [3.8, 4) is 0 Å². The zero-order valence-electron chi connectivity index (χ0n) is 10.9. The average molecular weight is 298 g/mol. The fraction of sp³-hybridized carbons (Fsp3) is 0.385. The molecule has 108 valence electrons. The first-order valence-electron chi connectivity index (χ1n) is 6.17. The third-order valence-corrected chi connectivity index (χ3v) is 4.64. The molecule has 0 saturated carbocycles. The second-order valence-corrected chi connectivity index (χ2v) is 5.71. The van der Waals surface area contributed by atoms with Crippen LogP contribution in [0, 0.1) is 5.82 Å². The summed E-state index contributed by atoms with van der Waals surface area (Å²) < 4.78 is 13.8. The minimum atomic E-state index is -1.07. The number of nitrogens with zero attached hydrogens (tertiary/aromatic N) is 1. The van der Waals surface area contributed by atoms with Crippen LogP contribution in [0.25, 0.3) is 0 Å². The SMILES string of the molecule is CCC1SCC(C(=O)O)N1C(=O)c1ccc(N)cc1F. The number of hydrogen-bond acceptors (Lipinski definition) is 4. The van der Waals surface area contributed by atoms with Crippen LogP contribution in [-0.4, -0.2) is 39.1 Å². The molecular formula is C13H15FN2O3S. The van der Waals surface area contributed by atoms with Gasteiger partial charge in [0.15, 0.2) is 0 Å². The van der Waals surface area contributed by atoms with E-state index >= 15 is 0 Å². The maximum absolute atomic E-state index is 13.8. The van der Waals surface area contributed by atoms with Gasteiger partial charge in [0.2, 0.25) is 0 Å². The number of anilines is 1. The highest BCUT2D eigenvalue weighted by molar-refractivity contribution is 8.00. The summed E-state index contributed by atoms with van der Waals surface area (Å²) in [5.41, 5.74) is 5.52. The number of benzene rings is 1. The second kappa shape index (κ2) is 5.70. The van der Waals surface area contributed by atoms with Gasteiger partial charge in [-0.05, 0) is 24.6 Å². The number of amides is 1. The fourth-order valence-corrected chi connectivity index (χ4v) is 3.53. The Kier molecular flexibility index (Phi) is 4.17. The van der Waals surface area contributed by atoms with Crippen LogP contribution in [0.5, 0.6) is 0 Å². The highest BCUT2D eigenvalue weighted by Gasteiger charge is 2.41. The fourth-order valence-electron chi connectivity index (χ4n) is 2.18. The Bertz CT molecular complexity index is 552. The molecular weight excluding hydrogens is 283 g/mol. The van der Waals surface area contributed by atoms with E-state index in [0.717, 1.165) is 6.07 Å². The summed E-state index contributed by atoms with van der Waals surface area (Å²) in [4.78, 5) is 24.9. The minimum absolute atomic E-state index is 0.147. The summed E-state index contributed by atoms with van der Waals surface area (Å²) >= 11 is 1.40. The summed E-state index contributed by atoms with van der Waals surface area (Å²) in [6.45, 7) is 1.86. The van der Waals surface area contributed by atoms with Gasteiger partial charge >= 0.3 is 5.97 Å². The van der Waals surface area contributed by atoms with Crippen LogP contribution in [0.15, 0.2) is 18.2 Å². The monoisotopic (exact) mass is 298 g/mol. The number of thioether (sulfide) groups is 1. The predicted molar refractivity (Wildman–Crippen MR) is 74.9 cm³/mol. The molecule has 0 aliphatic carbocycles. The normalized spacial score (nSPS) is 22.0. The Morgan fingerprint density at radius 3 is 2.80 bits per heavy atom. The standard InChI is InChI=1S/C13H15FN2O3S/c1-2-11-16(10(6-20-11)13(18)19)12(17)8-4-3-7(15)5-9(8)14/h3-5,10-11H,2,6,15H2,1H3,(H,18,19). The van der Waals surface area contributed by atoms with Crippen molar-refractivity contribution in [1.82, 2.24) is 4.90 Å². The van der Waals surface area contributed by atoms with Crippen LogP contribution in [0.4, 0.5) is 10.1 Å². The number of nitrogen functional groups attached to an aromatic ring is 1. The maximum atomic E-state index is 13.8. The third-order valence-electron chi connectivity index (χ3n) is 3.18. The van der Waals surface area contributed by atoms with E-state index in [0.29, 0.717) is 12.2 Å². The molecule has 0 bridgehead atoms. The first-order valence-corrected chi connectivity index (χ1v) is 7.22. The molecule has 1 amide bonds. The molecule has 0 aromatic heterocycles. The summed E-state index contributed by atoms with van der Waals surface area (Å²) in [5.74, 6) is -2.09. The van der Waals surface area contributed by atoms with E-state index in [1.54, 1.807) is 0 Å². The number of halogens is 1. The van der Waals surface area contributed by atoms with Crippen molar-refractivity contribution in [3.63, 3.8) is 0 Å². The lowest BCUT2D eigenvalue weighted by molar-refractivity contribution is -0.141. The van der Waals surface area contributed by atoms with Gasteiger partial charge in [-0.2, -0.15) is 0 Å². The van der Waals surface area contributed by atoms with E-state index in [4.69, 9.17) is 5.73 Å².